The Morgan fingerprint density at radius 1 is 1.70 bits per heavy atom. The zero-order valence-electron chi connectivity index (χ0n) is 6.59. The Labute approximate surface area is 62.1 Å². The van der Waals surface area contributed by atoms with Gasteiger partial charge < -0.3 is 5.11 Å². The Morgan fingerprint density at radius 2 is 2.30 bits per heavy atom. The van der Waals surface area contributed by atoms with Gasteiger partial charge in [-0.25, -0.2) is 0 Å². The van der Waals surface area contributed by atoms with Gasteiger partial charge in [0.05, 0.1) is 6.10 Å². The van der Waals surface area contributed by atoms with Gasteiger partial charge in [0.2, 0.25) is 0 Å². The van der Waals surface area contributed by atoms with Crippen molar-refractivity contribution in [2.75, 3.05) is 0 Å². The fraction of sp³-hybridized carbons (Fsp3) is 0.556. The molecule has 1 nitrogen and oxygen atoms in total. The second-order valence-corrected chi connectivity index (χ2v) is 3.62. The molecule has 0 spiro atoms. The lowest BCUT2D eigenvalue weighted by atomic mass is 9.80. The van der Waals surface area contributed by atoms with Crippen LogP contribution in [0.25, 0.3) is 0 Å². The molecule has 0 aromatic heterocycles. The molecular weight excluding hydrogens is 124 g/mol. The molecule has 0 amide bonds. The maximum Gasteiger partial charge on any atom is 0.0792 e. The minimum Gasteiger partial charge on any atom is -0.388 e. The summed E-state index contributed by atoms with van der Waals surface area (Å²) in [6.45, 7) is 7.94. The van der Waals surface area contributed by atoms with Crippen LogP contribution < -0.4 is 0 Å². The van der Waals surface area contributed by atoms with E-state index in [2.05, 4.69) is 26.5 Å². The van der Waals surface area contributed by atoms with Gasteiger partial charge in [0, 0.05) is 0 Å². The Bertz CT molecular complexity index is 177. The number of hydrogen-bond donors (Lipinski definition) is 1. The van der Waals surface area contributed by atoms with E-state index in [9.17, 15) is 5.11 Å². The molecule has 1 unspecified atom stereocenters. The first-order valence-electron chi connectivity index (χ1n) is 3.57. The van der Waals surface area contributed by atoms with Crippen LogP contribution in [0.2, 0.25) is 0 Å². The van der Waals surface area contributed by atoms with Crippen molar-refractivity contribution in [1.29, 1.82) is 0 Å². The molecule has 0 fully saturated rings. The largest absolute Gasteiger partial charge is 0.388 e. The Hall–Kier alpha value is -0.560. The summed E-state index contributed by atoms with van der Waals surface area (Å²) in [5.41, 5.74) is 0.972. The molecule has 1 atom stereocenters. The lowest BCUT2D eigenvalue weighted by molar-refractivity contribution is 0.160. The number of aliphatic hydroxyl groups is 1. The van der Waals surface area contributed by atoms with Gasteiger partial charge in [-0.2, -0.15) is 0 Å². The molecule has 0 saturated heterocycles. The van der Waals surface area contributed by atoms with E-state index in [1.807, 2.05) is 6.08 Å². The molecule has 0 saturated carbocycles. The summed E-state index contributed by atoms with van der Waals surface area (Å²) in [7, 11) is 0. The van der Waals surface area contributed by atoms with E-state index < -0.39 is 0 Å². The third-order valence-electron chi connectivity index (χ3n) is 1.90. The molecular formula is C9H14O. The molecule has 1 aliphatic rings. The highest BCUT2D eigenvalue weighted by atomic mass is 16.3. The molecule has 0 aliphatic heterocycles. The van der Waals surface area contributed by atoms with Crippen LogP contribution in [0.15, 0.2) is 24.3 Å². The SMILES string of the molecule is C=C1C=CC(C)(C)CC1O. The summed E-state index contributed by atoms with van der Waals surface area (Å²) in [5, 5.41) is 9.36. The highest BCUT2D eigenvalue weighted by Gasteiger charge is 2.23. The van der Waals surface area contributed by atoms with Gasteiger partial charge in [0.25, 0.3) is 0 Å². The van der Waals surface area contributed by atoms with Crippen molar-refractivity contribution in [3.63, 3.8) is 0 Å². The van der Waals surface area contributed by atoms with Crippen molar-refractivity contribution < 1.29 is 5.11 Å². The average Bonchev–Trinajstić information content (AvgIpc) is 1.79. The van der Waals surface area contributed by atoms with E-state index in [0.717, 1.165) is 12.0 Å². The lowest BCUT2D eigenvalue weighted by Gasteiger charge is -2.28. The fourth-order valence-electron chi connectivity index (χ4n) is 1.14. The topological polar surface area (TPSA) is 20.2 Å². The summed E-state index contributed by atoms with van der Waals surface area (Å²) < 4.78 is 0. The number of allylic oxidation sites excluding steroid dienone is 1. The quantitative estimate of drug-likeness (QED) is 0.542. The maximum atomic E-state index is 9.36. The predicted octanol–water partition coefficient (Wildman–Crippen LogP) is 1.89. The second-order valence-electron chi connectivity index (χ2n) is 3.62. The maximum absolute atomic E-state index is 9.36. The molecule has 1 N–H and O–H groups in total. The summed E-state index contributed by atoms with van der Waals surface area (Å²) in [6.07, 6.45) is 4.47. The first kappa shape index (κ1) is 7.55. The monoisotopic (exact) mass is 138 g/mol. The summed E-state index contributed by atoms with van der Waals surface area (Å²) in [4.78, 5) is 0. The van der Waals surface area contributed by atoms with Crippen LogP contribution in [-0.4, -0.2) is 11.2 Å². The zero-order chi connectivity index (χ0) is 7.78. The van der Waals surface area contributed by atoms with Crippen LogP contribution >= 0.6 is 0 Å². The molecule has 56 valence electrons. The number of rotatable bonds is 0. The van der Waals surface area contributed by atoms with Gasteiger partial charge in [-0.1, -0.05) is 32.6 Å². The third kappa shape index (κ3) is 1.48. The van der Waals surface area contributed by atoms with Crippen LogP contribution in [0, 0.1) is 5.41 Å². The van der Waals surface area contributed by atoms with Crippen LogP contribution in [0.3, 0.4) is 0 Å². The molecule has 0 aromatic carbocycles. The molecule has 0 bridgehead atoms. The number of aliphatic hydroxyl groups excluding tert-OH is 1. The van der Waals surface area contributed by atoms with Crippen molar-refractivity contribution in [1.82, 2.24) is 0 Å². The van der Waals surface area contributed by atoms with Crippen LogP contribution in [0.1, 0.15) is 20.3 Å². The van der Waals surface area contributed by atoms with Crippen LogP contribution in [0.4, 0.5) is 0 Å². The Balaban J connectivity index is 2.78. The smallest absolute Gasteiger partial charge is 0.0792 e. The van der Waals surface area contributed by atoms with Gasteiger partial charge >= 0.3 is 0 Å². The van der Waals surface area contributed by atoms with E-state index in [1.54, 1.807) is 0 Å². The van der Waals surface area contributed by atoms with E-state index in [4.69, 9.17) is 0 Å². The zero-order valence-corrected chi connectivity index (χ0v) is 6.59. The molecule has 1 rings (SSSR count). The van der Waals surface area contributed by atoms with Crippen molar-refractivity contribution in [2.24, 2.45) is 5.41 Å². The van der Waals surface area contributed by atoms with Gasteiger partial charge in [-0.3, -0.25) is 0 Å². The van der Waals surface area contributed by atoms with E-state index in [-0.39, 0.29) is 11.5 Å². The molecule has 0 aromatic rings. The summed E-state index contributed by atoms with van der Waals surface area (Å²) in [6, 6.07) is 0. The van der Waals surface area contributed by atoms with Crippen molar-refractivity contribution in [2.45, 2.75) is 26.4 Å². The highest BCUT2D eigenvalue weighted by Crippen LogP contribution is 2.31. The van der Waals surface area contributed by atoms with Gasteiger partial charge in [-0.05, 0) is 17.4 Å². The van der Waals surface area contributed by atoms with E-state index in [1.165, 1.54) is 0 Å². The second kappa shape index (κ2) is 2.24. The van der Waals surface area contributed by atoms with Crippen molar-refractivity contribution in [3.05, 3.63) is 24.3 Å². The Morgan fingerprint density at radius 3 is 2.70 bits per heavy atom. The minimum atomic E-state index is -0.333. The third-order valence-corrected chi connectivity index (χ3v) is 1.90. The van der Waals surface area contributed by atoms with Gasteiger partial charge in [0.1, 0.15) is 0 Å². The van der Waals surface area contributed by atoms with Crippen LogP contribution in [-0.2, 0) is 0 Å². The van der Waals surface area contributed by atoms with E-state index in [0.29, 0.717) is 0 Å². The van der Waals surface area contributed by atoms with Crippen molar-refractivity contribution in [3.8, 4) is 0 Å². The minimum absolute atomic E-state index is 0.139. The number of hydrogen-bond acceptors (Lipinski definition) is 1. The summed E-state index contributed by atoms with van der Waals surface area (Å²) >= 11 is 0. The van der Waals surface area contributed by atoms with Crippen molar-refractivity contribution >= 4 is 0 Å². The first-order chi connectivity index (χ1) is 4.51. The van der Waals surface area contributed by atoms with E-state index >= 15 is 0 Å². The molecule has 1 aliphatic carbocycles. The first-order valence-corrected chi connectivity index (χ1v) is 3.57. The van der Waals surface area contributed by atoms with Crippen LogP contribution in [0.5, 0.6) is 0 Å². The molecule has 1 heteroatoms. The molecule has 0 radical (unpaired) electrons. The molecule has 10 heavy (non-hydrogen) atoms. The Kier molecular flexibility index (Phi) is 1.69. The normalized spacial score (nSPS) is 30.7. The van der Waals surface area contributed by atoms with Gasteiger partial charge in [-0.15, -0.1) is 0 Å². The lowest BCUT2D eigenvalue weighted by Crippen LogP contribution is -2.23. The summed E-state index contributed by atoms with van der Waals surface area (Å²) in [5.74, 6) is 0. The average molecular weight is 138 g/mol. The molecule has 0 heterocycles. The fourth-order valence-corrected chi connectivity index (χ4v) is 1.14. The predicted molar refractivity (Wildman–Crippen MR) is 42.7 cm³/mol. The standard InChI is InChI=1S/C9H14O/c1-7-4-5-9(2,3)6-8(7)10/h4-5,8,10H,1,6H2,2-3H3. The highest BCUT2D eigenvalue weighted by molar-refractivity contribution is 5.25. The van der Waals surface area contributed by atoms with Gasteiger partial charge in [0.15, 0.2) is 0 Å².